The lowest BCUT2D eigenvalue weighted by Gasteiger charge is -2.26. The van der Waals surface area contributed by atoms with Gasteiger partial charge in [0, 0.05) is 40.8 Å². The van der Waals surface area contributed by atoms with Crippen LogP contribution in [0.2, 0.25) is 0 Å². The topological polar surface area (TPSA) is 141 Å². The van der Waals surface area contributed by atoms with E-state index >= 15 is 0 Å². The highest BCUT2D eigenvalue weighted by Crippen LogP contribution is 2.34. The molecule has 5 aromatic rings. The Morgan fingerprint density at radius 2 is 1.68 bits per heavy atom. The van der Waals surface area contributed by atoms with Gasteiger partial charge in [-0.25, -0.2) is 13.4 Å². The summed E-state index contributed by atoms with van der Waals surface area (Å²) in [5.74, 6) is -0.108. The number of nitrogens with zero attached hydrogens (tertiary/aromatic N) is 3. The number of sulfonamides is 1. The maximum atomic E-state index is 13.1. The Morgan fingerprint density at radius 1 is 0.932 bits per heavy atom. The number of nitro benzene ring substituents is 1. The molecule has 0 saturated carbocycles. The van der Waals surface area contributed by atoms with Gasteiger partial charge in [-0.2, -0.15) is 0 Å². The quantitative estimate of drug-likeness (QED) is 0.0961. The summed E-state index contributed by atoms with van der Waals surface area (Å²) in [7, 11) is -4.14. The van der Waals surface area contributed by atoms with Crippen molar-refractivity contribution in [2.24, 2.45) is 4.99 Å². The van der Waals surface area contributed by atoms with Gasteiger partial charge in [0.25, 0.3) is 15.7 Å². The first-order chi connectivity index (χ1) is 21.3. The zero-order valence-corrected chi connectivity index (χ0v) is 24.6. The predicted molar refractivity (Wildman–Crippen MR) is 171 cm³/mol. The lowest BCUT2D eigenvalue weighted by atomic mass is 10.0. The molecule has 0 unspecified atom stereocenters. The average molecular weight is 610 g/mol. The molecule has 4 aromatic carbocycles. The highest BCUT2D eigenvalue weighted by Gasteiger charge is 2.22. The molecular weight excluding hydrogens is 578 g/mol. The molecule has 3 N–H and O–H groups in total. The number of H-pyrrole nitrogens is 1. The second-order valence-electron chi connectivity index (χ2n) is 10.8. The van der Waals surface area contributed by atoms with Crippen LogP contribution in [-0.2, 0) is 16.6 Å². The number of fused-ring (bicyclic) bond motifs is 1. The van der Waals surface area contributed by atoms with Gasteiger partial charge in [-0.1, -0.05) is 55.0 Å². The molecular formula is C33H31N5O5S. The van der Waals surface area contributed by atoms with Gasteiger partial charge < -0.3 is 10.1 Å². The number of benzene rings is 4. The molecule has 6 rings (SSSR count). The second kappa shape index (κ2) is 12.3. The minimum atomic E-state index is -4.14. The third-order valence-electron chi connectivity index (χ3n) is 7.69. The van der Waals surface area contributed by atoms with Crippen LogP contribution in [0.15, 0.2) is 107 Å². The normalized spacial score (nSPS) is 14.5. The van der Waals surface area contributed by atoms with E-state index in [4.69, 9.17) is 4.99 Å². The fourth-order valence-electron chi connectivity index (χ4n) is 5.50. The second-order valence-corrected chi connectivity index (χ2v) is 12.5. The Kier molecular flexibility index (Phi) is 8.14. The molecule has 224 valence electrons. The van der Waals surface area contributed by atoms with Crippen molar-refractivity contribution < 1.29 is 18.4 Å². The molecule has 1 aliphatic heterocycles. The van der Waals surface area contributed by atoms with Crippen molar-refractivity contribution in [2.75, 3.05) is 17.8 Å². The number of aliphatic imine (C=N–C) groups is 1. The lowest BCUT2D eigenvalue weighted by Crippen LogP contribution is -2.28. The standard InChI is InChI=1S/C33H31N5O5S/c39-33-31(29-20-26(16-17-30(29)35-33)36-44(42,43)28-11-7-10-27(21-28)38(40)41)32(24-8-3-1-4-9-24)34-25-14-12-23(13-15-25)22-37-18-5-2-6-19-37/h1,3-4,7-17,20-21,35-36,39H,2,5-6,18-19,22H2. The minimum Gasteiger partial charge on any atom is -0.494 e. The molecule has 1 saturated heterocycles. The lowest BCUT2D eigenvalue weighted by molar-refractivity contribution is -0.385. The Morgan fingerprint density at radius 3 is 2.41 bits per heavy atom. The number of aromatic hydroxyl groups is 1. The summed E-state index contributed by atoms with van der Waals surface area (Å²) in [5, 5.41) is 22.8. The number of piperidine rings is 1. The maximum absolute atomic E-state index is 13.1. The highest BCUT2D eigenvalue weighted by molar-refractivity contribution is 7.92. The number of nitro groups is 1. The van der Waals surface area contributed by atoms with Gasteiger partial charge in [-0.3, -0.25) is 19.7 Å². The monoisotopic (exact) mass is 609 g/mol. The maximum Gasteiger partial charge on any atom is 0.270 e. The van der Waals surface area contributed by atoms with Crippen molar-refractivity contribution in [3.05, 3.63) is 124 Å². The smallest absolute Gasteiger partial charge is 0.270 e. The summed E-state index contributed by atoms with van der Waals surface area (Å²) in [5.41, 5.74) is 4.09. The molecule has 0 aliphatic carbocycles. The number of aromatic nitrogens is 1. The zero-order valence-electron chi connectivity index (χ0n) is 23.8. The van der Waals surface area contributed by atoms with Crippen molar-refractivity contribution in [1.82, 2.24) is 9.88 Å². The number of hydrogen-bond donors (Lipinski definition) is 3. The van der Waals surface area contributed by atoms with E-state index in [2.05, 4.69) is 26.7 Å². The largest absolute Gasteiger partial charge is 0.494 e. The number of hydrogen-bond acceptors (Lipinski definition) is 7. The van der Waals surface area contributed by atoms with E-state index in [0.717, 1.165) is 31.3 Å². The fourth-order valence-corrected chi connectivity index (χ4v) is 6.59. The van der Waals surface area contributed by atoms with Crippen molar-refractivity contribution in [3.8, 4) is 5.88 Å². The Labute approximate surface area is 254 Å². The Balaban J connectivity index is 1.37. The molecule has 44 heavy (non-hydrogen) atoms. The number of anilines is 1. The van der Waals surface area contributed by atoms with Crippen LogP contribution >= 0.6 is 0 Å². The summed E-state index contributed by atoms with van der Waals surface area (Å²) < 4.78 is 28.8. The van der Waals surface area contributed by atoms with Gasteiger partial charge in [0.05, 0.1) is 26.8 Å². The molecule has 0 amide bonds. The van der Waals surface area contributed by atoms with Crippen LogP contribution in [0, 0.1) is 10.1 Å². The van der Waals surface area contributed by atoms with Crippen LogP contribution < -0.4 is 4.72 Å². The summed E-state index contributed by atoms with van der Waals surface area (Å²) >= 11 is 0. The zero-order chi connectivity index (χ0) is 30.7. The summed E-state index contributed by atoms with van der Waals surface area (Å²) in [6.45, 7) is 3.12. The van der Waals surface area contributed by atoms with E-state index < -0.39 is 14.9 Å². The van der Waals surface area contributed by atoms with Gasteiger partial charge in [0.2, 0.25) is 0 Å². The van der Waals surface area contributed by atoms with E-state index in [1.807, 2.05) is 42.5 Å². The Bertz CT molecular complexity index is 1950. The van der Waals surface area contributed by atoms with Crippen LogP contribution in [-0.4, -0.2) is 47.1 Å². The SMILES string of the molecule is O=[N+]([O-])c1cccc(S(=O)(=O)Nc2ccc3[nH]c(O)c(C(=Nc4ccc(CN5CCCCC5)cc4)c4ccccc4)c3c2)c1. The number of likely N-dealkylation sites (tertiary alicyclic amines) is 1. The van der Waals surface area contributed by atoms with E-state index in [1.165, 1.54) is 43.0 Å². The van der Waals surface area contributed by atoms with Gasteiger partial charge in [0.1, 0.15) is 0 Å². The van der Waals surface area contributed by atoms with Crippen molar-refractivity contribution >= 4 is 43.7 Å². The fraction of sp³-hybridized carbons (Fsp3) is 0.182. The Hall–Kier alpha value is -5.00. The van der Waals surface area contributed by atoms with Gasteiger partial charge in [0.15, 0.2) is 5.88 Å². The van der Waals surface area contributed by atoms with E-state index in [0.29, 0.717) is 27.9 Å². The van der Waals surface area contributed by atoms with Gasteiger partial charge in [-0.05, 0) is 67.9 Å². The van der Waals surface area contributed by atoms with E-state index in [9.17, 15) is 23.6 Å². The van der Waals surface area contributed by atoms with E-state index in [-0.39, 0.29) is 22.2 Å². The number of nitrogens with one attached hydrogen (secondary N) is 2. The number of non-ortho nitro benzene ring substituents is 1. The number of rotatable bonds is 9. The average Bonchev–Trinajstić information content (AvgIpc) is 3.36. The predicted octanol–water partition coefficient (Wildman–Crippen LogP) is 6.74. The molecule has 0 radical (unpaired) electrons. The van der Waals surface area contributed by atoms with Crippen LogP contribution in [0.3, 0.4) is 0 Å². The third kappa shape index (κ3) is 6.34. The van der Waals surface area contributed by atoms with Crippen LogP contribution in [0.1, 0.15) is 36.0 Å². The molecule has 11 heteroatoms. The molecule has 1 aromatic heterocycles. The summed E-state index contributed by atoms with van der Waals surface area (Å²) in [4.78, 5) is 20.7. The number of aromatic amines is 1. The first-order valence-electron chi connectivity index (χ1n) is 14.3. The van der Waals surface area contributed by atoms with Crippen molar-refractivity contribution in [2.45, 2.75) is 30.7 Å². The first-order valence-corrected chi connectivity index (χ1v) is 15.8. The third-order valence-corrected chi connectivity index (χ3v) is 9.06. The van der Waals surface area contributed by atoms with Gasteiger partial charge in [-0.15, -0.1) is 0 Å². The van der Waals surface area contributed by atoms with Crippen molar-refractivity contribution in [3.63, 3.8) is 0 Å². The highest BCUT2D eigenvalue weighted by atomic mass is 32.2. The molecule has 1 fully saturated rings. The van der Waals surface area contributed by atoms with Crippen LogP contribution in [0.5, 0.6) is 5.88 Å². The molecule has 0 bridgehead atoms. The van der Waals surface area contributed by atoms with Gasteiger partial charge >= 0.3 is 0 Å². The molecule has 1 aliphatic rings. The first kappa shape index (κ1) is 29.1. The van der Waals surface area contributed by atoms with Crippen LogP contribution in [0.25, 0.3) is 10.9 Å². The molecule has 0 spiro atoms. The molecule has 10 nitrogen and oxygen atoms in total. The molecule has 0 atom stereocenters. The van der Waals surface area contributed by atoms with Crippen LogP contribution in [0.4, 0.5) is 17.1 Å². The molecule has 2 heterocycles. The summed E-state index contributed by atoms with van der Waals surface area (Å²) in [6.07, 6.45) is 3.75. The summed E-state index contributed by atoms with van der Waals surface area (Å²) in [6, 6.07) is 27.2. The van der Waals surface area contributed by atoms with Crippen molar-refractivity contribution in [1.29, 1.82) is 0 Å². The van der Waals surface area contributed by atoms with E-state index in [1.54, 1.807) is 18.2 Å². The minimum absolute atomic E-state index is 0.108.